The zero-order chi connectivity index (χ0) is 15.5. The fourth-order valence-electron chi connectivity index (χ4n) is 2.37. The van der Waals surface area contributed by atoms with E-state index in [1.807, 2.05) is 18.2 Å². The molecule has 2 heteroatoms. The van der Waals surface area contributed by atoms with Crippen LogP contribution in [0.5, 0.6) is 0 Å². The molecular weight excluding hydrogens is 400 g/mol. The van der Waals surface area contributed by atoms with Crippen molar-refractivity contribution in [2.45, 2.75) is 0 Å². The van der Waals surface area contributed by atoms with E-state index in [2.05, 4.69) is 93.0 Å². The quantitative estimate of drug-likeness (QED) is 0.436. The van der Waals surface area contributed by atoms with Crippen LogP contribution in [0.15, 0.2) is 88.3 Å². The summed E-state index contributed by atoms with van der Waals surface area (Å²) in [5, 5.41) is 0. The molecule has 0 heterocycles. The minimum Gasteiger partial charge on any atom is -0.0906 e. The summed E-state index contributed by atoms with van der Waals surface area (Å²) in [5.74, 6) is 0. The van der Waals surface area contributed by atoms with E-state index in [1.165, 1.54) is 11.1 Å². The van der Waals surface area contributed by atoms with Gasteiger partial charge in [0.1, 0.15) is 0 Å². The second kappa shape index (κ2) is 6.64. The van der Waals surface area contributed by atoms with Crippen LogP contribution >= 0.6 is 31.9 Å². The van der Waals surface area contributed by atoms with Gasteiger partial charge >= 0.3 is 0 Å². The van der Waals surface area contributed by atoms with Crippen LogP contribution in [0.3, 0.4) is 0 Å². The van der Waals surface area contributed by atoms with Gasteiger partial charge < -0.3 is 0 Å². The SMILES string of the molecule is C=C(c1ccccc1)c1ccc(Br)c(-c2ccc(Br)cc2)c1. The molecule has 0 radical (unpaired) electrons. The van der Waals surface area contributed by atoms with Gasteiger partial charge in [0, 0.05) is 8.95 Å². The molecule has 3 aromatic carbocycles. The molecule has 0 N–H and O–H groups in total. The van der Waals surface area contributed by atoms with E-state index < -0.39 is 0 Å². The Morgan fingerprint density at radius 1 is 0.727 bits per heavy atom. The van der Waals surface area contributed by atoms with E-state index in [0.29, 0.717) is 0 Å². The molecule has 0 atom stereocenters. The first-order valence-electron chi connectivity index (χ1n) is 6.95. The lowest BCUT2D eigenvalue weighted by atomic mass is 9.96. The van der Waals surface area contributed by atoms with E-state index in [0.717, 1.165) is 25.6 Å². The summed E-state index contributed by atoms with van der Waals surface area (Å²) in [6.45, 7) is 4.25. The zero-order valence-electron chi connectivity index (χ0n) is 11.9. The number of benzene rings is 3. The maximum absolute atomic E-state index is 4.25. The van der Waals surface area contributed by atoms with Gasteiger partial charge in [-0.25, -0.2) is 0 Å². The Morgan fingerprint density at radius 3 is 2.09 bits per heavy atom. The molecule has 0 aromatic heterocycles. The van der Waals surface area contributed by atoms with Gasteiger partial charge in [0.25, 0.3) is 0 Å². The van der Waals surface area contributed by atoms with Crippen molar-refractivity contribution in [1.82, 2.24) is 0 Å². The van der Waals surface area contributed by atoms with Crippen LogP contribution in [0.25, 0.3) is 16.7 Å². The zero-order valence-corrected chi connectivity index (χ0v) is 15.1. The van der Waals surface area contributed by atoms with Crippen LogP contribution in [0, 0.1) is 0 Å². The highest BCUT2D eigenvalue weighted by atomic mass is 79.9. The van der Waals surface area contributed by atoms with Gasteiger partial charge in [0.2, 0.25) is 0 Å². The van der Waals surface area contributed by atoms with Crippen molar-refractivity contribution in [2.24, 2.45) is 0 Å². The van der Waals surface area contributed by atoms with Gasteiger partial charge in [0.05, 0.1) is 0 Å². The van der Waals surface area contributed by atoms with Crippen LogP contribution < -0.4 is 0 Å². The Kier molecular flexibility index (Phi) is 4.60. The molecule has 0 aliphatic rings. The predicted molar refractivity (Wildman–Crippen MR) is 102 cm³/mol. The minimum absolute atomic E-state index is 1.03. The van der Waals surface area contributed by atoms with Crippen molar-refractivity contribution < 1.29 is 0 Å². The van der Waals surface area contributed by atoms with E-state index in [9.17, 15) is 0 Å². The monoisotopic (exact) mass is 412 g/mol. The molecular formula is C20H14Br2. The van der Waals surface area contributed by atoms with Gasteiger partial charge in [-0.05, 0) is 52.1 Å². The van der Waals surface area contributed by atoms with Crippen LogP contribution in [0.4, 0.5) is 0 Å². The summed E-state index contributed by atoms with van der Waals surface area (Å²) in [6, 6.07) is 25.0. The molecule has 0 nitrogen and oxygen atoms in total. The van der Waals surface area contributed by atoms with Crippen molar-refractivity contribution in [3.63, 3.8) is 0 Å². The van der Waals surface area contributed by atoms with E-state index in [1.54, 1.807) is 0 Å². The normalized spacial score (nSPS) is 10.5. The fourth-order valence-corrected chi connectivity index (χ4v) is 3.11. The third-order valence-corrected chi connectivity index (χ3v) is 4.81. The molecule has 0 fully saturated rings. The summed E-state index contributed by atoms with van der Waals surface area (Å²) in [4.78, 5) is 0. The highest BCUT2D eigenvalue weighted by Gasteiger charge is 2.08. The molecule has 0 aliphatic carbocycles. The van der Waals surface area contributed by atoms with Crippen LogP contribution in [0.1, 0.15) is 11.1 Å². The van der Waals surface area contributed by atoms with Crippen LogP contribution in [-0.2, 0) is 0 Å². The van der Waals surface area contributed by atoms with Crippen LogP contribution in [0.2, 0.25) is 0 Å². The highest BCUT2D eigenvalue weighted by molar-refractivity contribution is 9.10. The second-order valence-electron chi connectivity index (χ2n) is 5.05. The largest absolute Gasteiger partial charge is 0.0906 e. The van der Waals surface area contributed by atoms with Crippen LogP contribution in [-0.4, -0.2) is 0 Å². The Bertz CT molecular complexity index is 803. The molecule has 0 saturated heterocycles. The van der Waals surface area contributed by atoms with Crippen molar-refractivity contribution in [3.05, 3.63) is 99.4 Å². The number of rotatable bonds is 3. The number of hydrogen-bond donors (Lipinski definition) is 0. The average Bonchev–Trinajstić information content (AvgIpc) is 2.56. The average molecular weight is 414 g/mol. The fraction of sp³-hybridized carbons (Fsp3) is 0. The molecule has 108 valence electrons. The lowest BCUT2D eigenvalue weighted by Crippen LogP contribution is -1.88. The maximum atomic E-state index is 4.25. The highest BCUT2D eigenvalue weighted by Crippen LogP contribution is 2.33. The molecule has 3 aromatic rings. The molecule has 0 saturated carbocycles. The summed E-state index contributed by atoms with van der Waals surface area (Å²) in [5.41, 5.74) is 5.66. The number of hydrogen-bond acceptors (Lipinski definition) is 0. The minimum atomic E-state index is 1.03. The van der Waals surface area contributed by atoms with Crippen molar-refractivity contribution in [3.8, 4) is 11.1 Å². The van der Waals surface area contributed by atoms with Crippen molar-refractivity contribution in [1.29, 1.82) is 0 Å². The third kappa shape index (κ3) is 3.23. The summed E-state index contributed by atoms with van der Waals surface area (Å²) < 4.78 is 2.16. The lowest BCUT2D eigenvalue weighted by molar-refractivity contribution is 1.52. The van der Waals surface area contributed by atoms with Gasteiger partial charge in [-0.3, -0.25) is 0 Å². The molecule has 3 rings (SSSR count). The Morgan fingerprint density at radius 2 is 1.41 bits per heavy atom. The smallest absolute Gasteiger partial charge is 0.0254 e. The van der Waals surface area contributed by atoms with Crippen molar-refractivity contribution in [2.75, 3.05) is 0 Å². The number of halogens is 2. The van der Waals surface area contributed by atoms with E-state index in [4.69, 9.17) is 0 Å². The van der Waals surface area contributed by atoms with Gasteiger partial charge in [-0.2, -0.15) is 0 Å². The van der Waals surface area contributed by atoms with E-state index in [-0.39, 0.29) is 0 Å². The Labute approximate surface area is 147 Å². The topological polar surface area (TPSA) is 0 Å². The lowest BCUT2D eigenvalue weighted by Gasteiger charge is -2.11. The van der Waals surface area contributed by atoms with Crippen molar-refractivity contribution >= 4 is 37.4 Å². The first-order chi connectivity index (χ1) is 10.6. The van der Waals surface area contributed by atoms with Gasteiger partial charge in [-0.15, -0.1) is 0 Å². The molecule has 22 heavy (non-hydrogen) atoms. The summed E-state index contributed by atoms with van der Waals surface area (Å²) >= 11 is 7.13. The first-order valence-corrected chi connectivity index (χ1v) is 8.54. The second-order valence-corrected chi connectivity index (χ2v) is 6.82. The predicted octanol–water partition coefficient (Wildman–Crippen LogP) is 6.94. The maximum Gasteiger partial charge on any atom is 0.0254 e. The van der Waals surface area contributed by atoms with Gasteiger partial charge in [-0.1, -0.05) is 87.0 Å². The molecule has 0 unspecified atom stereocenters. The molecule has 0 bridgehead atoms. The molecule has 0 spiro atoms. The summed E-state index contributed by atoms with van der Waals surface area (Å²) in [6.07, 6.45) is 0. The first kappa shape index (κ1) is 15.3. The summed E-state index contributed by atoms with van der Waals surface area (Å²) in [7, 11) is 0. The third-order valence-electron chi connectivity index (χ3n) is 3.59. The Hall–Kier alpha value is -1.64. The molecule has 0 amide bonds. The van der Waals surface area contributed by atoms with E-state index >= 15 is 0 Å². The standard InChI is InChI=1S/C20H14Br2/c1-14(15-5-3-2-4-6-15)17-9-12-20(22)19(13-17)16-7-10-18(21)11-8-16/h2-13H,1H2. The Balaban J connectivity index is 2.03. The van der Waals surface area contributed by atoms with Gasteiger partial charge in [0.15, 0.2) is 0 Å². The molecule has 0 aliphatic heterocycles.